The summed E-state index contributed by atoms with van der Waals surface area (Å²) in [7, 11) is 0. The molecule has 0 amide bonds. The summed E-state index contributed by atoms with van der Waals surface area (Å²) in [5, 5.41) is 5.84. The Morgan fingerprint density at radius 2 is 2.00 bits per heavy atom. The summed E-state index contributed by atoms with van der Waals surface area (Å²) in [6.45, 7) is 4.84. The number of nitrogen functional groups attached to an aromatic ring is 1. The van der Waals surface area contributed by atoms with Gasteiger partial charge in [0.1, 0.15) is 18.2 Å². The number of nitrogens with two attached hydrogens (primary N) is 1. The van der Waals surface area contributed by atoms with Crippen molar-refractivity contribution in [3.05, 3.63) is 6.07 Å². The maximum absolute atomic E-state index is 11.1. The van der Waals surface area contributed by atoms with Gasteiger partial charge in [-0.3, -0.25) is 4.79 Å². The molecule has 0 fully saturated rings. The fourth-order valence-corrected chi connectivity index (χ4v) is 1.20. The van der Waals surface area contributed by atoms with Crippen LogP contribution in [0.5, 0.6) is 0 Å². The van der Waals surface area contributed by atoms with Gasteiger partial charge in [-0.15, -0.1) is 0 Å². The van der Waals surface area contributed by atoms with Crippen LogP contribution in [-0.4, -0.2) is 35.6 Å². The number of carbonyl (C=O) groups excluding carboxylic acids is 1. The third-order valence-corrected chi connectivity index (χ3v) is 1.82. The fourth-order valence-electron chi connectivity index (χ4n) is 1.20. The number of carbonyl (C=O) groups is 1. The van der Waals surface area contributed by atoms with Crippen LogP contribution in [-0.2, 0) is 9.53 Å². The topological polar surface area (TPSA) is 102 Å². The number of hydrogen-bond donors (Lipinski definition) is 3. The zero-order valence-corrected chi connectivity index (χ0v) is 9.99. The Labute approximate surface area is 99.8 Å². The SMILES string of the molecule is CCNc1cc(NCC(=O)OCC)nc(N)n1. The first-order valence-corrected chi connectivity index (χ1v) is 5.43. The highest BCUT2D eigenvalue weighted by atomic mass is 16.5. The highest BCUT2D eigenvalue weighted by Crippen LogP contribution is 2.11. The minimum Gasteiger partial charge on any atom is -0.465 e. The number of rotatable bonds is 6. The van der Waals surface area contributed by atoms with E-state index in [-0.39, 0.29) is 18.5 Å². The summed E-state index contributed by atoms with van der Waals surface area (Å²) in [5.41, 5.74) is 5.54. The quantitative estimate of drug-likeness (QED) is 0.620. The molecule has 0 aliphatic carbocycles. The van der Waals surface area contributed by atoms with Crippen LogP contribution in [0.25, 0.3) is 0 Å². The lowest BCUT2D eigenvalue weighted by Gasteiger charge is -2.08. The minimum absolute atomic E-state index is 0.0514. The van der Waals surface area contributed by atoms with E-state index in [1.165, 1.54) is 0 Å². The van der Waals surface area contributed by atoms with E-state index in [1.807, 2.05) is 6.92 Å². The number of hydrogen-bond acceptors (Lipinski definition) is 7. The van der Waals surface area contributed by atoms with Crippen LogP contribution in [0.4, 0.5) is 17.6 Å². The monoisotopic (exact) mass is 239 g/mol. The van der Waals surface area contributed by atoms with Crippen molar-refractivity contribution in [3.8, 4) is 0 Å². The van der Waals surface area contributed by atoms with Gasteiger partial charge in [0.15, 0.2) is 0 Å². The lowest BCUT2D eigenvalue weighted by atomic mass is 10.5. The van der Waals surface area contributed by atoms with Gasteiger partial charge in [-0.1, -0.05) is 0 Å². The standard InChI is InChI=1S/C10H17N5O2/c1-3-12-7-5-8(15-10(11)14-7)13-6-9(16)17-4-2/h5H,3-4,6H2,1-2H3,(H4,11,12,13,14,15). The van der Waals surface area contributed by atoms with E-state index in [2.05, 4.69) is 20.6 Å². The second kappa shape index (κ2) is 6.51. The summed E-state index contributed by atoms with van der Waals surface area (Å²) in [4.78, 5) is 19.1. The van der Waals surface area contributed by atoms with E-state index in [0.717, 1.165) is 6.54 Å². The molecule has 0 saturated heterocycles. The van der Waals surface area contributed by atoms with Crippen molar-refractivity contribution < 1.29 is 9.53 Å². The number of nitrogens with zero attached hydrogens (tertiary/aromatic N) is 2. The largest absolute Gasteiger partial charge is 0.465 e. The van der Waals surface area contributed by atoms with Gasteiger partial charge in [0.05, 0.1) is 6.61 Å². The zero-order valence-electron chi connectivity index (χ0n) is 9.99. The summed E-state index contributed by atoms with van der Waals surface area (Å²) < 4.78 is 4.78. The van der Waals surface area contributed by atoms with E-state index in [1.54, 1.807) is 13.0 Å². The van der Waals surface area contributed by atoms with Crippen LogP contribution >= 0.6 is 0 Å². The smallest absolute Gasteiger partial charge is 0.325 e. The minimum atomic E-state index is -0.338. The first-order valence-electron chi connectivity index (χ1n) is 5.43. The average Bonchev–Trinajstić information content (AvgIpc) is 2.26. The van der Waals surface area contributed by atoms with E-state index in [9.17, 15) is 4.79 Å². The maximum atomic E-state index is 11.1. The molecule has 7 nitrogen and oxygen atoms in total. The number of esters is 1. The van der Waals surface area contributed by atoms with E-state index in [4.69, 9.17) is 10.5 Å². The van der Waals surface area contributed by atoms with E-state index in [0.29, 0.717) is 18.2 Å². The molecule has 1 rings (SSSR count). The van der Waals surface area contributed by atoms with Crippen molar-refractivity contribution in [2.45, 2.75) is 13.8 Å². The third-order valence-electron chi connectivity index (χ3n) is 1.82. The molecule has 1 heterocycles. The molecular weight excluding hydrogens is 222 g/mol. The lowest BCUT2D eigenvalue weighted by molar-refractivity contribution is -0.140. The first kappa shape index (κ1) is 13.0. The average molecular weight is 239 g/mol. The second-order valence-corrected chi connectivity index (χ2v) is 3.19. The Morgan fingerprint density at radius 1 is 1.35 bits per heavy atom. The zero-order chi connectivity index (χ0) is 12.7. The molecular formula is C10H17N5O2. The van der Waals surface area contributed by atoms with Crippen LogP contribution in [0.2, 0.25) is 0 Å². The molecule has 0 spiro atoms. The van der Waals surface area contributed by atoms with Crippen molar-refractivity contribution in [2.24, 2.45) is 0 Å². The normalized spacial score (nSPS) is 9.76. The van der Waals surface area contributed by atoms with Crippen LogP contribution in [0.3, 0.4) is 0 Å². The highest BCUT2D eigenvalue weighted by Gasteiger charge is 2.04. The van der Waals surface area contributed by atoms with Gasteiger partial charge in [0, 0.05) is 12.6 Å². The van der Waals surface area contributed by atoms with Crippen molar-refractivity contribution in [1.29, 1.82) is 0 Å². The predicted octanol–water partition coefficient (Wildman–Crippen LogP) is 0.466. The van der Waals surface area contributed by atoms with Crippen LogP contribution in [0.15, 0.2) is 6.07 Å². The molecule has 4 N–H and O–H groups in total. The summed E-state index contributed by atoms with van der Waals surface area (Å²) >= 11 is 0. The number of anilines is 3. The molecule has 0 aliphatic rings. The fraction of sp³-hybridized carbons (Fsp3) is 0.500. The van der Waals surface area contributed by atoms with Crippen molar-refractivity contribution in [2.75, 3.05) is 36.1 Å². The summed E-state index contributed by atoms with van der Waals surface area (Å²) in [5.74, 6) is 0.914. The van der Waals surface area contributed by atoms with Crippen LogP contribution in [0, 0.1) is 0 Å². The first-order chi connectivity index (χ1) is 8.15. The molecule has 0 unspecified atom stereocenters. The molecule has 17 heavy (non-hydrogen) atoms. The van der Waals surface area contributed by atoms with E-state index >= 15 is 0 Å². The molecule has 7 heteroatoms. The van der Waals surface area contributed by atoms with Crippen LogP contribution in [0.1, 0.15) is 13.8 Å². The third kappa shape index (κ3) is 4.54. The molecule has 0 aliphatic heterocycles. The summed E-state index contributed by atoms with van der Waals surface area (Å²) in [6.07, 6.45) is 0. The van der Waals surface area contributed by atoms with Gasteiger partial charge in [0.2, 0.25) is 5.95 Å². The number of ether oxygens (including phenoxy) is 1. The molecule has 0 saturated carbocycles. The number of nitrogens with one attached hydrogen (secondary N) is 2. The van der Waals surface area contributed by atoms with Gasteiger partial charge in [-0.25, -0.2) is 0 Å². The van der Waals surface area contributed by atoms with Crippen molar-refractivity contribution >= 4 is 23.6 Å². The molecule has 1 aromatic heterocycles. The lowest BCUT2D eigenvalue weighted by Crippen LogP contribution is -2.18. The highest BCUT2D eigenvalue weighted by molar-refractivity contribution is 5.74. The van der Waals surface area contributed by atoms with Crippen LogP contribution < -0.4 is 16.4 Å². The second-order valence-electron chi connectivity index (χ2n) is 3.19. The molecule has 0 aromatic carbocycles. The Balaban J connectivity index is 2.61. The molecule has 0 radical (unpaired) electrons. The molecule has 94 valence electrons. The number of aromatic nitrogens is 2. The maximum Gasteiger partial charge on any atom is 0.325 e. The van der Waals surface area contributed by atoms with Gasteiger partial charge >= 0.3 is 5.97 Å². The van der Waals surface area contributed by atoms with Gasteiger partial charge in [0.25, 0.3) is 0 Å². The summed E-state index contributed by atoms with van der Waals surface area (Å²) in [6, 6.07) is 1.68. The molecule has 0 bridgehead atoms. The Morgan fingerprint density at radius 3 is 2.59 bits per heavy atom. The predicted molar refractivity (Wildman–Crippen MR) is 65.7 cm³/mol. The van der Waals surface area contributed by atoms with E-state index < -0.39 is 0 Å². The van der Waals surface area contributed by atoms with Gasteiger partial charge in [-0.2, -0.15) is 9.97 Å². The van der Waals surface area contributed by atoms with Gasteiger partial charge < -0.3 is 21.1 Å². The molecule has 0 atom stereocenters. The van der Waals surface area contributed by atoms with Crippen molar-refractivity contribution in [1.82, 2.24) is 9.97 Å². The Kier molecular flexibility index (Phi) is 4.99. The Bertz CT molecular complexity index is 383. The Hall–Kier alpha value is -2.05. The van der Waals surface area contributed by atoms with Gasteiger partial charge in [-0.05, 0) is 13.8 Å². The molecule has 1 aromatic rings. The van der Waals surface area contributed by atoms with Crippen molar-refractivity contribution in [3.63, 3.8) is 0 Å².